The fourth-order valence-corrected chi connectivity index (χ4v) is 3.84. The molecule has 1 atom stereocenters. The van der Waals surface area contributed by atoms with Crippen LogP contribution < -0.4 is 0 Å². The maximum Gasteiger partial charge on any atom is 0.306 e. The van der Waals surface area contributed by atoms with Gasteiger partial charge in [-0.05, 0) is 6.42 Å². The van der Waals surface area contributed by atoms with Gasteiger partial charge in [0, 0.05) is 12.8 Å². The van der Waals surface area contributed by atoms with Crippen molar-refractivity contribution >= 4 is 5.97 Å². The molecule has 0 bridgehead atoms. The van der Waals surface area contributed by atoms with Crippen LogP contribution >= 0.6 is 0 Å². The summed E-state index contributed by atoms with van der Waals surface area (Å²) in [6, 6.07) is 0. The number of esters is 1. The lowest BCUT2D eigenvalue weighted by molar-refractivity contribution is -0.149. The maximum absolute atomic E-state index is 11.7. The first-order valence-electron chi connectivity index (χ1n) is 12.1. The van der Waals surface area contributed by atoms with Gasteiger partial charge in [-0.15, -0.1) is 0 Å². The molecule has 1 aliphatic heterocycles. The van der Waals surface area contributed by atoms with Crippen molar-refractivity contribution in [1.82, 2.24) is 0 Å². The SMILES string of the molecule is CCCCCCCCCCCCCCCCCCCC(=O)OC1CCOC1. The molecule has 0 amide bonds. The first kappa shape index (κ1) is 24.5. The number of carbonyl (C=O) groups is 1. The molecule has 1 saturated heterocycles. The minimum atomic E-state index is -0.0357. The molecule has 1 aliphatic rings. The molecule has 1 fully saturated rings. The average Bonchev–Trinajstić information content (AvgIpc) is 3.17. The second-order valence-corrected chi connectivity index (χ2v) is 8.38. The number of carbonyl (C=O) groups excluding carboxylic acids is 1. The van der Waals surface area contributed by atoms with E-state index in [1.807, 2.05) is 0 Å². The summed E-state index contributed by atoms with van der Waals surface area (Å²) < 4.78 is 10.6. The lowest BCUT2D eigenvalue weighted by Crippen LogP contribution is -2.17. The molecule has 1 unspecified atom stereocenters. The molecule has 0 aliphatic carbocycles. The van der Waals surface area contributed by atoms with E-state index in [2.05, 4.69) is 6.92 Å². The van der Waals surface area contributed by atoms with Crippen molar-refractivity contribution in [3.05, 3.63) is 0 Å². The van der Waals surface area contributed by atoms with Crippen LogP contribution in [0.25, 0.3) is 0 Å². The Morgan fingerprint density at radius 3 is 1.59 bits per heavy atom. The van der Waals surface area contributed by atoms with Gasteiger partial charge in [0.2, 0.25) is 0 Å². The topological polar surface area (TPSA) is 35.5 Å². The van der Waals surface area contributed by atoms with E-state index >= 15 is 0 Å². The summed E-state index contributed by atoms with van der Waals surface area (Å²) in [5.41, 5.74) is 0. The molecule has 0 N–H and O–H groups in total. The Bertz CT molecular complexity index is 324. The molecule has 1 heterocycles. The molecule has 27 heavy (non-hydrogen) atoms. The molecular formula is C24H46O3. The minimum absolute atomic E-state index is 0.0169. The van der Waals surface area contributed by atoms with Crippen LogP contribution in [0.1, 0.15) is 129 Å². The van der Waals surface area contributed by atoms with Crippen LogP contribution in [0, 0.1) is 0 Å². The zero-order chi connectivity index (χ0) is 19.4. The molecule has 3 nitrogen and oxygen atoms in total. The average molecular weight is 383 g/mol. The third kappa shape index (κ3) is 16.1. The zero-order valence-electron chi connectivity index (χ0n) is 18.2. The quantitative estimate of drug-likeness (QED) is 0.173. The summed E-state index contributed by atoms with van der Waals surface area (Å²) in [6.45, 7) is 3.61. The van der Waals surface area contributed by atoms with Crippen LogP contribution in [0.15, 0.2) is 0 Å². The van der Waals surface area contributed by atoms with Gasteiger partial charge < -0.3 is 9.47 Å². The Kier molecular flexibility index (Phi) is 17.0. The second-order valence-electron chi connectivity index (χ2n) is 8.38. The van der Waals surface area contributed by atoms with E-state index in [0.29, 0.717) is 13.0 Å². The van der Waals surface area contributed by atoms with Crippen LogP contribution in [0.3, 0.4) is 0 Å². The van der Waals surface area contributed by atoms with Gasteiger partial charge in [0.25, 0.3) is 0 Å². The third-order valence-corrected chi connectivity index (χ3v) is 5.67. The second kappa shape index (κ2) is 18.8. The molecular weight excluding hydrogens is 336 g/mol. The van der Waals surface area contributed by atoms with E-state index < -0.39 is 0 Å². The molecule has 1 rings (SSSR count). The van der Waals surface area contributed by atoms with Crippen LogP contribution in [0.4, 0.5) is 0 Å². The molecule has 0 aromatic heterocycles. The standard InChI is InChI=1S/C24H46O3/c1-2-3-4-5-6-7-8-9-10-11-12-13-14-15-16-17-18-19-24(25)27-23-20-21-26-22-23/h23H,2-22H2,1H3. The third-order valence-electron chi connectivity index (χ3n) is 5.67. The minimum Gasteiger partial charge on any atom is -0.460 e. The van der Waals surface area contributed by atoms with Crippen LogP contribution in [-0.2, 0) is 14.3 Å². The first-order chi connectivity index (χ1) is 13.3. The lowest BCUT2D eigenvalue weighted by Gasteiger charge is -2.09. The van der Waals surface area contributed by atoms with Crippen LogP contribution in [0.5, 0.6) is 0 Å². The molecule has 0 saturated carbocycles. The van der Waals surface area contributed by atoms with Crippen molar-refractivity contribution in [3.8, 4) is 0 Å². The Hall–Kier alpha value is -0.570. The number of unbranched alkanes of at least 4 members (excludes halogenated alkanes) is 16. The highest BCUT2D eigenvalue weighted by molar-refractivity contribution is 5.69. The largest absolute Gasteiger partial charge is 0.460 e. The van der Waals surface area contributed by atoms with Gasteiger partial charge in [-0.25, -0.2) is 0 Å². The molecule has 0 aromatic carbocycles. The van der Waals surface area contributed by atoms with Crippen molar-refractivity contribution in [1.29, 1.82) is 0 Å². The highest BCUT2D eigenvalue weighted by Gasteiger charge is 2.19. The van der Waals surface area contributed by atoms with Crippen LogP contribution in [0.2, 0.25) is 0 Å². The van der Waals surface area contributed by atoms with Gasteiger partial charge in [0.15, 0.2) is 0 Å². The van der Waals surface area contributed by atoms with E-state index in [9.17, 15) is 4.79 Å². The van der Waals surface area contributed by atoms with E-state index in [-0.39, 0.29) is 12.1 Å². The van der Waals surface area contributed by atoms with Gasteiger partial charge in [-0.2, -0.15) is 0 Å². The van der Waals surface area contributed by atoms with Crippen molar-refractivity contribution in [2.45, 2.75) is 135 Å². The molecule has 0 radical (unpaired) electrons. The fourth-order valence-electron chi connectivity index (χ4n) is 3.84. The van der Waals surface area contributed by atoms with E-state index in [4.69, 9.17) is 9.47 Å². The maximum atomic E-state index is 11.7. The normalized spacial score (nSPS) is 16.7. The van der Waals surface area contributed by atoms with Crippen molar-refractivity contribution < 1.29 is 14.3 Å². The van der Waals surface area contributed by atoms with Gasteiger partial charge in [0.05, 0.1) is 13.2 Å². The van der Waals surface area contributed by atoms with E-state index in [1.54, 1.807) is 0 Å². The van der Waals surface area contributed by atoms with Gasteiger partial charge >= 0.3 is 5.97 Å². The molecule has 0 spiro atoms. The molecule has 160 valence electrons. The number of hydrogen-bond acceptors (Lipinski definition) is 3. The summed E-state index contributed by atoms with van der Waals surface area (Å²) in [5, 5.41) is 0. The van der Waals surface area contributed by atoms with Gasteiger partial charge in [-0.1, -0.05) is 110 Å². The predicted molar refractivity (Wildman–Crippen MR) is 114 cm³/mol. The fraction of sp³-hybridized carbons (Fsp3) is 0.958. The highest BCUT2D eigenvalue weighted by atomic mass is 16.6. The zero-order valence-corrected chi connectivity index (χ0v) is 18.2. The molecule has 0 aromatic rings. The number of ether oxygens (including phenoxy) is 2. The predicted octanol–water partition coefficient (Wildman–Crippen LogP) is 7.36. The van der Waals surface area contributed by atoms with Crippen molar-refractivity contribution in [2.75, 3.05) is 13.2 Å². The summed E-state index contributed by atoms with van der Waals surface area (Å²) >= 11 is 0. The molecule has 3 heteroatoms. The summed E-state index contributed by atoms with van der Waals surface area (Å²) in [6.07, 6.45) is 24.7. The van der Waals surface area contributed by atoms with Gasteiger partial charge in [0.1, 0.15) is 6.10 Å². The van der Waals surface area contributed by atoms with E-state index in [0.717, 1.165) is 25.9 Å². The Morgan fingerprint density at radius 2 is 1.19 bits per heavy atom. The van der Waals surface area contributed by atoms with Crippen LogP contribution in [-0.4, -0.2) is 25.3 Å². The summed E-state index contributed by atoms with van der Waals surface area (Å²) in [5.74, 6) is -0.0357. The smallest absolute Gasteiger partial charge is 0.306 e. The lowest BCUT2D eigenvalue weighted by atomic mass is 10.0. The van der Waals surface area contributed by atoms with Gasteiger partial charge in [-0.3, -0.25) is 4.79 Å². The highest BCUT2D eigenvalue weighted by Crippen LogP contribution is 2.15. The van der Waals surface area contributed by atoms with Crippen molar-refractivity contribution in [3.63, 3.8) is 0 Å². The first-order valence-corrected chi connectivity index (χ1v) is 12.1. The number of rotatable bonds is 19. The van der Waals surface area contributed by atoms with E-state index in [1.165, 1.54) is 96.3 Å². The Morgan fingerprint density at radius 1 is 0.741 bits per heavy atom. The summed E-state index contributed by atoms with van der Waals surface area (Å²) in [4.78, 5) is 11.7. The monoisotopic (exact) mass is 382 g/mol. The van der Waals surface area contributed by atoms with Crippen molar-refractivity contribution in [2.24, 2.45) is 0 Å². The Balaban J connectivity index is 1.69. The summed E-state index contributed by atoms with van der Waals surface area (Å²) in [7, 11) is 0. The number of hydrogen-bond donors (Lipinski definition) is 0. The Labute approximate surface area is 169 Å².